The third-order valence-electron chi connectivity index (χ3n) is 5.73. The molecule has 0 heterocycles. The van der Waals surface area contributed by atoms with Crippen LogP contribution in [0.2, 0.25) is 0 Å². The largest absolute Gasteiger partial charge is 0.207 e. The Kier molecular flexibility index (Phi) is 6.97. The molecule has 0 nitrogen and oxygen atoms in total. The van der Waals surface area contributed by atoms with Crippen molar-refractivity contribution in [1.29, 1.82) is 0 Å². The third kappa shape index (κ3) is 5.24. The molecule has 4 rings (SSSR count). The summed E-state index contributed by atoms with van der Waals surface area (Å²) in [6, 6.07) is 23.5. The number of rotatable bonds is 6. The van der Waals surface area contributed by atoms with Crippen molar-refractivity contribution in [3.63, 3.8) is 0 Å². The molecular weight excluding hydrogens is 398 g/mol. The second-order valence-corrected chi connectivity index (χ2v) is 8.13. The van der Waals surface area contributed by atoms with Gasteiger partial charge in [0, 0.05) is 22.1 Å². The molecule has 0 saturated heterocycles. The Morgan fingerprint density at radius 2 is 1.41 bits per heavy atom. The Bertz CT molecular complexity index is 1260. The highest BCUT2D eigenvalue weighted by atomic mass is 19.1. The first-order valence-corrected chi connectivity index (χ1v) is 11.2. The maximum Gasteiger partial charge on any atom is 0.138 e. The Morgan fingerprint density at radius 3 is 2.16 bits per heavy atom. The van der Waals surface area contributed by atoms with Crippen LogP contribution in [-0.4, -0.2) is 0 Å². The Labute approximate surface area is 188 Å². The van der Waals surface area contributed by atoms with Crippen molar-refractivity contribution in [2.24, 2.45) is 0 Å². The lowest BCUT2D eigenvalue weighted by molar-refractivity contribution is 0.627. The number of hydrogen-bond acceptors (Lipinski definition) is 0. The minimum atomic E-state index is -0.334. The molecule has 0 aromatic heterocycles. The first-order chi connectivity index (χ1) is 15.6. The molecule has 160 valence electrons. The van der Waals surface area contributed by atoms with Crippen LogP contribution in [0, 0.1) is 23.5 Å². The van der Waals surface area contributed by atoms with Crippen molar-refractivity contribution in [3.05, 3.63) is 107 Å². The van der Waals surface area contributed by atoms with Gasteiger partial charge >= 0.3 is 0 Å². The number of fused-ring (bicyclic) bond motifs is 1. The predicted molar refractivity (Wildman–Crippen MR) is 130 cm³/mol. The molecule has 4 aromatic carbocycles. The smallest absolute Gasteiger partial charge is 0.138 e. The fraction of sp³-hybridized carbons (Fsp3) is 0.200. The van der Waals surface area contributed by atoms with Crippen LogP contribution in [-0.2, 0) is 6.42 Å². The van der Waals surface area contributed by atoms with E-state index in [2.05, 4.69) is 43.0 Å². The molecule has 0 amide bonds. The van der Waals surface area contributed by atoms with Gasteiger partial charge in [0.1, 0.15) is 11.6 Å². The van der Waals surface area contributed by atoms with E-state index >= 15 is 4.39 Å². The molecule has 0 aliphatic carbocycles. The van der Waals surface area contributed by atoms with Crippen LogP contribution in [0.15, 0.2) is 78.9 Å². The molecule has 0 unspecified atom stereocenters. The molecule has 0 fully saturated rings. The minimum Gasteiger partial charge on any atom is -0.207 e. The van der Waals surface area contributed by atoms with Crippen LogP contribution in [0.5, 0.6) is 0 Å². The number of benzene rings is 4. The lowest BCUT2D eigenvalue weighted by Crippen LogP contribution is -1.88. The average molecular weight is 425 g/mol. The Hall–Kier alpha value is -3.44. The highest BCUT2D eigenvalue weighted by Gasteiger charge is 2.10. The molecule has 2 heteroatoms. The predicted octanol–water partition coefficient (Wildman–Crippen LogP) is 8.31. The highest BCUT2D eigenvalue weighted by Crippen LogP contribution is 2.29. The zero-order valence-electron chi connectivity index (χ0n) is 18.3. The first kappa shape index (κ1) is 21.8. The van der Waals surface area contributed by atoms with Gasteiger partial charge in [0.05, 0.1) is 0 Å². The van der Waals surface area contributed by atoms with E-state index in [-0.39, 0.29) is 11.6 Å². The quantitative estimate of drug-likeness (QED) is 0.216. The monoisotopic (exact) mass is 424 g/mol. The van der Waals surface area contributed by atoms with Gasteiger partial charge in [-0.05, 0) is 65.8 Å². The van der Waals surface area contributed by atoms with E-state index in [0.29, 0.717) is 16.5 Å². The lowest BCUT2D eigenvalue weighted by Gasteiger charge is -2.07. The summed E-state index contributed by atoms with van der Waals surface area (Å²) in [6.45, 7) is 2.23. The van der Waals surface area contributed by atoms with E-state index in [4.69, 9.17) is 0 Å². The number of aryl methyl sites for hydroxylation is 1. The van der Waals surface area contributed by atoms with Gasteiger partial charge < -0.3 is 0 Å². The summed E-state index contributed by atoms with van der Waals surface area (Å²) < 4.78 is 28.3. The number of hydrogen-bond donors (Lipinski definition) is 0. The zero-order chi connectivity index (χ0) is 22.3. The summed E-state index contributed by atoms with van der Waals surface area (Å²) in [4.78, 5) is 0. The van der Waals surface area contributed by atoms with Gasteiger partial charge in [-0.15, -0.1) is 0 Å². The van der Waals surface area contributed by atoms with Gasteiger partial charge in [-0.25, -0.2) is 8.78 Å². The first-order valence-electron chi connectivity index (χ1n) is 11.2. The fourth-order valence-corrected chi connectivity index (χ4v) is 3.88. The van der Waals surface area contributed by atoms with Gasteiger partial charge in [0.2, 0.25) is 0 Å². The summed E-state index contributed by atoms with van der Waals surface area (Å²) in [5.41, 5.74) is 4.29. The summed E-state index contributed by atoms with van der Waals surface area (Å²) in [5, 5.41) is 1.33. The second-order valence-electron chi connectivity index (χ2n) is 8.13. The minimum absolute atomic E-state index is 0.303. The van der Waals surface area contributed by atoms with Crippen LogP contribution in [0.4, 0.5) is 8.78 Å². The Balaban J connectivity index is 1.51. The summed E-state index contributed by atoms with van der Waals surface area (Å²) in [7, 11) is 0. The van der Waals surface area contributed by atoms with Gasteiger partial charge in [-0.3, -0.25) is 0 Å². The number of halogens is 2. The summed E-state index contributed by atoms with van der Waals surface area (Å²) in [6.07, 6.45) is 6.18. The van der Waals surface area contributed by atoms with Crippen LogP contribution < -0.4 is 0 Å². The maximum absolute atomic E-state index is 15.1. The highest BCUT2D eigenvalue weighted by molar-refractivity contribution is 5.89. The number of unbranched alkanes of at least 4 members (excludes halogenated alkanes) is 3. The molecule has 4 aromatic rings. The van der Waals surface area contributed by atoms with E-state index in [0.717, 1.165) is 22.9 Å². The molecule has 0 aliphatic rings. The second kappa shape index (κ2) is 10.2. The topological polar surface area (TPSA) is 0 Å². The molecule has 0 N–H and O–H groups in total. The average Bonchev–Trinajstić information content (AvgIpc) is 2.82. The molecule has 0 bridgehead atoms. The van der Waals surface area contributed by atoms with E-state index in [9.17, 15) is 4.39 Å². The van der Waals surface area contributed by atoms with E-state index in [1.165, 1.54) is 43.4 Å². The molecular formula is C30H26F2. The molecule has 32 heavy (non-hydrogen) atoms. The third-order valence-corrected chi connectivity index (χ3v) is 5.73. The molecule has 0 radical (unpaired) electrons. The van der Waals surface area contributed by atoms with Crippen LogP contribution in [0.25, 0.3) is 21.9 Å². The fourth-order valence-electron chi connectivity index (χ4n) is 3.88. The SMILES string of the molecule is CCCCCCc1ccc(C#Cc2ccc3c(F)c(-c4ccc(F)cc4)ccc3c2)cc1. The van der Waals surface area contributed by atoms with Crippen LogP contribution in [0.3, 0.4) is 0 Å². The van der Waals surface area contributed by atoms with Crippen molar-refractivity contribution in [2.45, 2.75) is 39.0 Å². The van der Waals surface area contributed by atoms with Gasteiger partial charge in [-0.2, -0.15) is 0 Å². The Morgan fingerprint density at radius 1 is 0.688 bits per heavy atom. The van der Waals surface area contributed by atoms with Crippen molar-refractivity contribution >= 4 is 10.8 Å². The standard InChI is InChI=1S/C30H26F2/c1-2-3-4-5-6-22-7-9-23(10-8-22)11-12-24-13-19-29-26(21-24)16-20-28(30(29)32)25-14-17-27(31)18-15-25/h7-10,13-21H,2-6H2,1H3. The summed E-state index contributed by atoms with van der Waals surface area (Å²) in [5.74, 6) is 5.76. The summed E-state index contributed by atoms with van der Waals surface area (Å²) >= 11 is 0. The van der Waals surface area contributed by atoms with Gasteiger partial charge in [-0.1, -0.05) is 80.5 Å². The molecule has 0 saturated carbocycles. The maximum atomic E-state index is 15.1. The molecule has 0 aliphatic heterocycles. The lowest BCUT2D eigenvalue weighted by atomic mass is 9.99. The van der Waals surface area contributed by atoms with E-state index in [1.807, 2.05) is 18.2 Å². The van der Waals surface area contributed by atoms with Crippen molar-refractivity contribution in [2.75, 3.05) is 0 Å². The normalized spacial score (nSPS) is 10.7. The van der Waals surface area contributed by atoms with E-state index in [1.54, 1.807) is 24.3 Å². The zero-order valence-corrected chi connectivity index (χ0v) is 18.3. The van der Waals surface area contributed by atoms with Gasteiger partial charge in [0.15, 0.2) is 0 Å². The molecule has 0 atom stereocenters. The van der Waals surface area contributed by atoms with Crippen molar-refractivity contribution in [1.82, 2.24) is 0 Å². The van der Waals surface area contributed by atoms with Crippen molar-refractivity contribution in [3.8, 4) is 23.0 Å². The van der Waals surface area contributed by atoms with Gasteiger partial charge in [0.25, 0.3) is 0 Å². The molecule has 0 spiro atoms. The van der Waals surface area contributed by atoms with E-state index < -0.39 is 0 Å². The van der Waals surface area contributed by atoms with Crippen LogP contribution >= 0.6 is 0 Å². The van der Waals surface area contributed by atoms with Crippen molar-refractivity contribution < 1.29 is 8.78 Å². The van der Waals surface area contributed by atoms with Crippen LogP contribution in [0.1, 0.15) is 49.3 Å².